The number of aromatic nitrogens is 3. The number of pyridine rings is 1. The highest BCUT2D eigenvalue weighted by molar-refractivity contribution is 7.18. The van der Waals surface area contributed by atoms with E-state index in [4.69, 9.17) is 4.74 Å². The van der Waals surface area contributed by atoms with Gasteiger partial charge in [0, 0.05) is 35.7 Å². The molecule has 0 spiro atoms. The summed E-state index contributed by atoms with van der Waals surface area (Å²) in [6.45, 7) is 2.30. The molecule has 1 aliphatic carbocycles. The van der Waals surface area contributed by atoms with Gasteiger partial charge in [0.25, 0.3) is 5.56 Å². The fourth-order valence-corrected chi connectivity index (χ4v) is 6.33. The zero-order valence-corrected chi connectivity index (χ0v) is 18.7. The summed E-state index contributed by atoms with van der Waals surface area (Å²) in [5.41, 5.74) is 3.25. The van der Waals surface area contributed by atoms with E-state index in [0.29, 0.717) is 18.7 Å². The number of rotatable bonds is 5. The Morgan fingerprint density at radius 3 is 3.03 bits per heavy atom. The number of nitrogens with one attached hydrogen (secondary N) is 1. The SMILES string of the molecule is O=c1c2c3c(sc2ncn1Cc1cccc2cccnc12)CC(NCC1CCCO1)CC3. The van der Waals surface area contributed by atoms with Crippen LogP contribution in [0.25, 0.3) is 21.1 Å². The summed E-state index contributed by atoms with van der Waals surface area (Å²) in [6, 6.07) is 10.5. The van der Waals surface area contributed by atoms with Crippen LogP contribution < -0.4 is 10.9 Å². The Morgan fingerprint density at radius 2 is 2.12 bits per heavy atom. The predicted octanol–water partition coefficient (Wildman–Crippen LogP) is 3.68. The Hall–Kier alpha value is -2.61. The van der Waals surface area contributed by atoms with Crippen molar-refractivity contribution in [2.75, 3.05) is 13.2 Å². The fourth-order valence-electron chi connectivity index (χ4n) is 5.07. The van der Waals surface area contributed by atoms with Gasteiger partial charge in [0.2, 0.25) is 0 Å². The minimum absolute atomic E-state index is 0.0613. The van der Waals surface area contributed by atoms with E-state index in [1.165, 1.54) is 16.9 Å². The van der Waals surface area contributed by atoms with Crippen LogP contribution in [0.15, 0.2) is 47.7 Å². The maximum atomic E-state index is 13.5. The molecule has 2 unspecified atom stereocenters. The van der Waals surface area contributed by atoms with Gasteiger partial charge in [-0.05, 0) is 49.3 Å². The van der Waals surface area contributed by atoms with E-state index in [1.54, 1.807) is 28.4 Å². The molecule has 4 aromatic rings. The average Bonchev–Trinajstić information content (AvgIpc) is 3.47. The second kappa shape index (κ2) is 8.39. The third kappa shape index (κ3) is 3.64. The smallest absolute Gasteiger partial charge is 0.262 e. The number of hydrogen-bond acceptors (Lipinski definition) is 6. The van der Waals surface area contributed by atoms with E-state index in [1.807, 2.05) is 18.2 Å². The molecule has 1 aliphatic heterocycles. The second-order valence-electron chi connectivity index (χ2n) is 8.84. The summed E-state index contributed by atoms with van der Waals surface area (Å²) >= 11 is 1.69. The number of benzene rings is 1. The monoisotopic (exact) mass is 446 g/mol. The lowest BCUT2D eigenvalue weighted by Crippen LogP contribution is -2.38. The molecule has 1 N–H and O–H groups in total. The van der Waals surface area contributed by atoms with Crippen LogP contribution in [0, 0.1) is 0 Å². The molecule has 1 fully saturated rings. The predicted molar refractivity (Wildman–Crippen MR) is 128 cm³/mol. The van der Waals surface area contributed by atoms with Crippen LogP contribution >= 0.6 is 11.3 Å². The number of nitrogens with zero attached hydrogens (tertiary/aromatic N) is 3. The summed E-state index contributed by atoms with van der Waals surface area (Å²) in [5.74, 6) is 0. The Kier molecular flexibility index (Phi) is 5.25. The molecule has 0 saturated carbocycles. The molecule has 2 aliphatic rings. The van der Waals surface area contributed by atoms with Gasteiger partial charge in [0.1, 0.15) is 4.83 Å². The molecule has 32 heavy (non-hydrogen) atoms. The molecule has 0 amide bonds. The molecular weight excluding hydrogens is 420 g/mol. The lowest BCUT2D eigenvalue weighted by atomic mass is 9.93. The van der Waals surface area contributed by atoms with E-state index < -0.39 is 0 Å². The summed E-state index contributed by atoms with van der Waals surface area (Å²) in [6.07, 6.45) is 9.12. The van der Waals surface area contributed by atoms with Gasteiger partial charge in [0.15, 0.2) is 0 Å². The van der Waals surface area contributed by atoms with Gasteiger partial charge >= 0.3 is 0 Å². The minimum Gasteiger partial charge on any atom is -0.377 e. The standard InChI is InChI=1S/C25H26N4O2S/c30-25-22-20-9-8-18(27-13-19-7-3-11-31-19)12-21(20)32-24(22)28-15-29(25)14-17-5-1-4-16-6-2-10-26-23(16)17/h1-2,4-6,10,15,18-19,27H,3,7-9,11-14H2. The Balaban J connectivity index is 1.28. The fraction of sp³-hybridized carbons (Fsp3) is 0.400. The van der Waals surface area contributed by atoms with Crippen molar-refractivity contribution < 1.29 is 4.74 Å². The normalized spacial score (nSPS) is 20.8. The van der Waals surface area contributed by atoms with Gasteiger partial charge in [0.05, 0.1) is 29.9 Å². The zero-order valence-electron chi connectivity index (χ0n) is 17.9. The van der Waals surface area contributed by atoms with Gasteiger partial charge in [-0.3, -0.25) is 14.3 Å². The van der Waals surface area contributed by atoms with Crippen LogP contribution in [0.2, 0.25) is 0 Å². The van der Waals surface area contributed by atoms with E-state index in [2.05, 4.69) is 27.4 Å². The van der Waals surface area contributed by atoms with Crippen molar-refractivity contribution in [1.29, 1.82) is 0 Å². The second-order valence-corrected chi connectivity index (χ2v) is 9.92. The topological polar surface area (TPSA) is 69.0 Å². The first-order valence-electron chi connectivity index (χ1n) is 11.4. The first kappa shape index (κ1) is 20.0. The van der Waals surface area contributed by atoms with Gasteiger partial charge in [-0.2, -0.15) is 0 Å². The summed E-state index contributed by atoms with van der Waals surface area (Å²) in [4.78, 5) is 24.9. The maximum absolute atomic E-state index is 13.5. The van der Waals surface area contributed by atoms with E-state index in [0.717, 1.165) is 65.5 Å². The molecule has 4 heterocycles. The summed E-state index contributed by atoms with van der Waals surface area (Å²) in [7, 11) is 0. The highest BCUT2D eigenvalue weighted by atomic mass is 32.1. The van der Waals surface area contributed by atoms with Crippen LogP contribution in [0.5, 0.6) is 0 Å². The molecule has 6 rings (SSSR count). The maximum Gasteiger partial charge on any atom is 0.262 e. The van der Waals surface area contributed by atoms with Crippen molar-refractivity contribution in [2.24, 2.45) is 0 Å². The molecule has 3 aromatic heterocycles. The van der Waals surface area contributed by atoms with Crippen LogP contribution in [0.1, 0.15) is 35.3 Å². The molecule has 7 heteroatoms. The van der Waals surface area contributed by atoms with Crippen LogP contribution in [-0.4, -0.2) is 39.8 Å². The Bertz CT molecular complexity index is 1330. The third-order valence-electron chi connectivity index (χ3n) is 6.75. The number of hydrogen-bond donors (Lipinski definition) is 1. The summed E-state index contributed by atoms with van der Waals surface area (Å²) in [5, 5.41) is 5.60. The average molecular weight is 447 g/mol. The number of ether oxygens (including phenoxy) is 1. The van der Waals surface area contributed by atoms with Crippen LogP contribution in [-0.2, 0) is 24.1 Å². The quantitative estimate of drug-likeness (QED) is 0.507. The highest BCUT2D eigenvalue weighted by Crippen LogP contribution is 2.34. The van der Waals surface area contributed by atoms with Crippen molar-refractivity contribution in [3.8, 4) is 0 Å². The Morgan fingerprint density at radius 1 is 1.19 bits per heavy atom. The van der Waals surface area contributed by atoms with Gasteiger partial charge in [-0.15, -0.1) is 11.3 Å². The largest absolute Gasteiger partial charge is 0.377 e. The molecule has 164 valence electrons. The van der Waals surface area contributed by atoms with E-state index in [-0.39, 0.29) is 5.56 Å². The molecular formula is C25H26N4O2S. The lowest BCUT2D eigenvalue weighted by molar-refractivity contribution is 0.107. The molecule has 1 aromatic carbocycles. The highest BCUT2D eigenvalue weighted by Gasteiger charge is 2.26. The number of thiophene rings is 1. The van der Waals surface area contributed by atoms with E-state index >= 15 is 0 Å². The van der Waals surface area contributed by atoms with Crippen molar-refractivity contribution in [3.63, 3.8) is 0 Å². The summed E-state index contributed by atoms with van der Waals surface area (Å²) < 4.78 is 7.48. The number of aryl methyl sites for hydroxylation is 1. The minimum atomic E-state index is 0.0613. The molecule has 1 saturated heterocycles. The van der Waals surface area contributed by atoms with E-state index in [9.17, 15) is 4.79 Å². The third-order valence-corrected chi connectivity index (χ3v) is 7.91. The molecule has 0 bridgehead atoms. The van der Waals surface area contributed by atoms with Crippen molar-refractivity contribution in [3.05, 3.63) is 69.2 Å². The Labute approximate surface area is 190 Å². The van der Waals surface area contributed by atoms with Gasteiger partial charge < -0.3 is 10.1 Å². The van der Waals surface area contributed by atoms with Crippen molar-refractivity contribution in [2.45, 2.75) is 50.8 Å². The van der Waals surface area contributed by atoms with Crippen LogP contribution in [0.3, 0.4) is 0 Å². The first-order chi connectivity index (χ1) is 15.8. The first-order valence-corrected chi connectivity index (χ1v) is 12.3. The molecule has 0 radical (unpaired) electrons. The lowest BCUT2D eigenvalue weighted by Gasteiger charge is -2.24. The number of para-hydroxylation sites is 1. The molecule has 6 nitrogen and oxygen atoms in total. The number of fused-ring (bicyclic) bond motifs is 4. The van der Waals surface area contributed by atoms with Gasteiger partial charge in [-0.25, -0.2) is 4.98 Å². The molecule has 2 atom stereocenters. The van der Waals surface area contributed by atoms with Crippen LogP contribution in [0.4, 0.5) is 0 Å². The van der Waals surface area contributed by atoms with Crippen molar-refractivity contribution in [1.82, 2.24) is 19.9 Å². The zero-order chi connectivity index (χ0) is 21.5. The van der Waals surface area contributed by atoms with Gasteiger partial charge in [-0.1, -0.05) is 24.3 Å². The van der Waals surface area contributed by atoms with Crippen molar-refractivity contribution >= 4 is 32.5 Å².